The molecular formula is C12H16N2O. The van der Waals surface area contributed by atoms with Crippen molar-refractivity contribution < 1.29 is 4.79 Å². The highest BCUT2D eigenvalue weighted by atomic mass is 16.1. The fourth-order valence-electron chi connectivity index (χ4n) is 2.13. The summed E-state index contributed by atoms with van der Waals surface area (Å²) in [5, 5.41) is 3.30. The van der Waals surface area contributed by atoms with Crippen molar-refractivity contribution >= 4 is 5.78 Å². The Balaban J connectivity index is 2.13. The van der Waals surface area contributed by atoms with Gasteiger partial charge in [0, 0.05) is 23.9 Å². The first kappa shape index (κ1) is 10.3. The lowest BCUT2D eigenvalue weighted by Crippen LogP contribution is -2.38. The van der Waals surface area contributed by atoms with Crippen LogP contribution in [0.4, 0.5) is 0 Å². The number of piperidine rings is 1. The van der Waals surface area contributed by atoms with Gasteiger partial charge in [-0.2, -0.15) is 0 Å². The van der Waals surface area contributed by atoms with Gasteiger partial charge in [-0.1, -0.05) is 6.92 Å². The summed E-state index contributed by atoms with van der Waals surface area (Å²) in [6.07, 6.45) is 4.30. The Morgan fingerprint density at radius 1 is 1.60 bits per heavy atom. The number of pyridine rings is 1. The van der Waals surface area contributed by atoms with Crippen LogP contribution in [0.2, 0.25) is 0 Å². The number of ketones is 1. The highest BCUT2D eigenvalue weighted by molar-refractivity contribution is 5.97. The number of carbonyl (C=O) groups excluding carboxylic acids is 1. The van der Waals surface area contributed by atoms with Gasteiger partial charge in [-0.05, 0) is 37.6 Å². The number of nitrogens with one attached hydrogen (secondary N) is 1. The molecule has 15 heavy (non-hydrogen) atoms. The van der Waals surface area contributed by atoms with Gasteiger partial charge < -0.3 is 5.32 Å². The van der Waals surface area contributed by atoms with Crippen LogP contribution in [-0.2, 0) is 0 Å². The molecule has 2 heterocycles. The first-order chi connectivity index (χ1) is 7.29. The Labute approximate surface area is 89.9 Å². The average Bonchev–Trinajstić information content (AvgIpc) is 2.30. The van der Waals surface area contributed by atoms with E-state index in [2.05, 4.69) is 17.2 Å². The van der Waals surface area contributed by atoms with Crippen molar-refractivity contribution in [2.24, 2.45) is 11.8 Å². The van der Waals surface area contributed by atoms with E-state index in [-0.39, 0.29) is 11.7 Å². The standard InChI is InChI=1S/C12H16N2O/c1-9-7-14-6-4-11(9)12(15)10-3-2-5-13-8-10/h2-3,5,8-9,11,14H,4,6-7H2,1H3. The number of carbonyl (C=O) groups is 1. The Bertz CT molecular complexity index is 337. The summed E-state index contributed by atoms with van der Waals surface area (Å²) < 4.78 is 0. The summed E-state index contributed by atoms with van der Waals surface area (Å²) in [6, 6.07) is 3.67. The molecule has 1 fully saturated rings. The molecule has 0 aromatic carbocycles. The van der Waals surface area contributed by atoms with Crippen LogP contribution < -0.4 is 5.32 Å². The third kappa shape index (κ3) is 2.23. The number of rotatable bonds is 2. The minimum absolute atomic E-state index is 0.162. The maximum absolute atomic E-state index is 12.1. The van der Waals surface area contributed by atoms with Crippen molar-refractivity contribution in [1.29, 1.82) is 0 Å². The zero-order valence-electron chi connectivity index (χ0n) is 8.94. The molecule has 0 radical (unpaired) electrons. The molecule has 0 spiro atoms. The van der Waals surface area contributed by atoms with Crippen molar-refractivity contribution in [1.82, 2.24) is 10.3 Å². The topological polar surface area (TPSA) is 42.0 Å². The molecule has 2 unspecified atom stereocenters. The van der Waals surface area contributed by atoms with E-state index in [0.717, 1.165) is 25.1 Å². The molecule has 80 valence electrons. The van der Waals surface area contributed by atoms with Gasteiger partial charge in [0.25, 0.3) is 0 Å². The van der Waals surface area contributed by atoms with Crippen molar-refractivity contribution in [2.75, 3.05) is 13.1 Å². The zero-order valence-corrected chi connectivity index (χ0v) is 8.94. The Morgan fingerprint density at radius 3 is 3.13 bits per heavy atom. The van der Waals surface area contributed by atoms with Crippen LogP contribution in [-0.4, -0.2) is 23.9 Å². The van der Waals surface area contributed by atoms with Gasteiger partial charge in [0.15, 0.2) is 5.78 Å². The molecule has 2 atom stereocenters. The number of nitrogens with zero attached hydrogens (tertiary/aromatic N) is 1. The van der Waals surface area contributed by atoms with E-state index in [1.54, 1.807) is 12.4 Å². The van der Waals surface area contributed by atoms with Crippen LogP contribution >= 0.6 is 0 Å². The first-order valence-corrected chi connectivity index (χ1v) is 5.44. The number of Topliss-reactive ketones (excluding diaryl/α,β-unsaturated/α-hetero) is 1. The molecule has 2 rings (SSSR count). The molecule has 1 aromatic rings. The average molecular weight is 204 g/mol. The van der Waals surface area contributed by atoms with Crippen LogP contribution in [0.3, 0.4) is 0 Å². The van der Waals surface area contributed by atoms with Crippen LogP contribution in [0.5, 0.6) is 0 Å². The fraction of sp³-hybridized carbons (Fsp3) is 0.500. The summed E-state index contributed by atoms with van der Waals surface area (Å²) >= 11 is 0. The van der Waals surface area contributed by atoms with Gasteiger partial charge in [0.05, 0.1) is 0 Å². The molecule has 3 nitrogen and oxygen atoms in total. The maximum atomic E-state index is 12.1. The molecule has 1 aliphatic heterocycles. The Kier molecular flexibility index (Phi) is 3.11. The molecule has 1 aromatic heterocycles. The van der Waals surface area contributed by atoms with Gasteiger partial charge in [-0.3, -0.25) is 9.78 Å². The second-order valence-electron chi connectivity index (χ2n) is 4.18. The molecule has 1 saturated heterocycles. The second kappa shape index (κ2) is 4.53. The van der Waals surface area contributed by atoms with Gasteiger partial charge >= 0.3 is 0 Å². The van der Waals surface area contributed by atoms with Crippen molar-refractivity contribution in [2.45, 2.75) is 13.3 Å². The summed E-state index contributed by atoms with van der Waals surface area (Å²) in [5.41, 5.74) is 0.747. The smallest absolute Gasteiger partial charge is 0.167 e. The normalized spacial score (nSPS) is 26.2. The number of aromatic nitrogens is 1. The minimum Gasteiger partial charge on any atom is -0.316 e. The van der Waals surface area contributed by atoms with Crippen LogP contribution in [0.1, 0.15) is 23.7 Å². The second-order valence-corrected chi connectivity index (χ2v) is 4.18. The molecule has 1 N–H and O–H groups in total. The van der Waals surface area contributed by atoms with Gasteiger partial charge in [0.1, 0.15) is 0 Å². The van der Waals surface area contributed by atoms with E-state index in [1.165, 1.54) is 0 Å². The first-order valence-electron chi connectivity index (χ1n) is 5.44. The summed E-state index contributed by atoms with van der Waals surface area (Å²) in [4.78, 5) is 16.1. The van der Waals surface area contributed by atoms with Gasteiger partial charge in [0.2, 0.25) is 0 Å². The summed E-state index contributed by atoms with van der Waals surface area (Å²) in [5.74, 6) is 0.832. The monoisotopic (exact) mass is 204 g/mol. The van der Waals surface area contributed by atoms with Crippen LogP contribution in [0.25, 0.3) is 0 Å². The lowest BCUT2D eigenvalue weighted by atomic mass is 9.82. The molecule has 0 saturated carbocycles. The largest absolute Gasteiger partial charge is 0.316 e. The minimum atomic E-state index is 0.162. The summed E-state index contributed by atoms with van der Waals surface area (Å²) in [7, 11) is 0. The van der Waals surface area contributed by atoms with Crippen molar-refractivity contribution in [3.63, 3.8) is 0 Å². The SMILES string of the molecule is CC1CNCCC1C(=O)c1cccnc1. The van der Waals surface area contributed by atoms with E-state index >= 15 is 0 Å². The lowest BCUT2D eigenvalue weighted by Gasteiger charge is -2.28. The lowest BCUT2D eigenvalue weighted by molar-refractivity contribution is 0.0848. The van der Waals surface area contributed by atoms with E-state index in [1.807, 2.05) is 12.1 Å². The highest BCUT2D eigenvalue weighted by Crippen LogP contribution is 2.22. The number of hydrogen-bond donors (Lipinski definition) is 1. The van der Waals surface area contributed by atoms with Gasteiger partial charge in [-0.25, -0.2) is 0 Å². The fourth-order valence-corrected chi connectivity index (χ4v) is 2.13. The molecule has 1 aliphatic rings. The Hall–Kier alpha value is -1.22. The summed E-state index contributed by atoms with van der Waals surface area (Å²) in [6.45, 7) is 4.02. The van der Waals surface area contributed by atoms with Crippen molar-refractivity contribution in [3.8, 4) is 0 Å². The maximum Gasteiger partial charge on any atom is 0.167 e. The highest BCUT2D eigenvalue weighted by Gasteiger charge is 2.28. The van der Waals surface area contributed by atoms with Crippen LogP contribution in [0, 0.1) is 11.8 Å². The zero-order chi connectivity index (χ0) is 10.7. The molecule has 0 amide bonds. The van der Waals surface area contributed by atoms with Gasteiger partial charge in [-0.15, -0.1) is 0 Å². The Morgan fingerprint density at radius 2 is 2.47 bits per heavy atom. The van der Waals surface area contributed by atoms with E-state index in [4.69, 9.17) is 0 Å². The van der Waals surface area contributed by atoms with E-state index in [0.29, 0.717) is 5.92 Å². The third-order valence-electron chi connectivity index (χ3n) is 3.07. The van der Waals surface area contributed by atoms with Crippen LogP contribution in [0.15, 0.2) is 24.5 Å². The molecule has 3 heteroatoms. The third-order valence-corrected chi connectivity index (χ3v) is 3.07. The molecule has 0 bridgehead atoms. The predicted octanol–water partition coefficient (Wildman–Crippen LogP) is 1.51. The predicted molar refractivity (Wildman–Crippen MR) is 58.7 cm³/mol. The molecular weight excluding hydrogens is 188 g/mol. The quantitative estimate of drug-likeness (QED) is 0.742. The van der Waals surface area contributed by atoms with E-state index < -0.39 is 0 Å². The van der Waals surface area contributed by atoms with Crippen molar-refractivity contribution in [3.05, 3.63) is 30.1 Å². The molecule has 0 aliphatic carbocycles. The number of hydrogen-bond acceptors (Lipinski definition) is 3. The van der Waals surface area contributed by atoms with E-state index in [9.17, 15) is 4.79 Å².